The Labute approximate surface area is 125 Å². The molecule has 2 saturated carbocycles. The molecule has 1 aromatic carbocycles. The highest BCUT2D eigenvalue weighted by Crippen LogP contribution is 2.57. The SMILES string of the molecule is Cc1cc(S(N)(=O)=O)cc(NC(=O)C2C3CCCC32)c1C. The molecule has 6 heteroatoms. The first-order chi connectivity index (χ1) is 9.79. The summed E-state index contributed by atoms with van der Waals surface area (Å²) < 4.78 is 23.0. The monoisotopic (exact) mass is 308 g/mol. The molecule has 0 saturated heterocycles. The molecule has 2 atom stereocenters. The molecule has 0 heterocycles. The van der Waals surface area contributed by atoms with E-state index in [0.29, 0.717) is 17.5 Å². The quantitative estimate of drug-likeness (QED) is 0.894. The molecule has 0 spiro atoms. The van der Waals surface area contributed by atoms with Gasteiger partial charge in [-0.3, -0.25) is 4.79 Å². The van der Waals surface area contributed by atoms with Crippen LogP contribution in [-0.2, 0) is 14.8 Å². The Balaban J connectivity index is 1.85. The molecule has 0 bridgehead atoms. The Hall–Kier alpha value is -1.40. The van der Waals surface area contributed by atoms with Gasteiger partial charge in [0.05, 0.1) is 4.90 Å². The van der Waals surface area contributed by atoms with Crippen molar-refractivity contribution in [1.29, 1.82) is 0 Å². The highest BCUT2D eigenvalue weighted by atomic mass is 32.2. The first-order valence-corrected chi connectivity index (χ1v) is 8.78. The van der Waals surface area contributed by atoms with Gasteiger partial charge in [0.25, 0.3) is 0 Å². The molecule has 1 aromatic rings. The van der Waals surface area contributed by atoms with Gasteiger partial charge in [-0.25, -0.2) is 13.6 Å². The summed E-state index contributed by atoms with van der Waals surface area (Å²) >= 11 is 0. The predicted molar refractivity (Wildman–Crippen MR) is 80.2 cm³/mol. The van der Waals surface area contributed by atoms with Crippen LogP contribution in [0.2, 0.25) is 0 Å². The standard InChI is InChI=1S/C15H20N2O3S/c1-8-6-10(21(16,19)20)7-13(9(8)2)17-15(18)14-11-4-3-5-12(11)14/h6-7,11-12,14H,3-5H2,1-2H3,(H,17,18)(H2,16,19,20). The maximum absolute atomic E-state index is 12.3. The molecule has 3 N–H and O–H groups in total. The van der Waals surface area contributed by atoms with Crippen molar-refractivity contribution in [3.63, 3.8) is 0 Å². The lowest BCUT2D eigenvalue weighted by Crippen LogP contribution is -2.19. The first kappa shape index (κ1) is 14.5. The number of hydrogen-bond acceptors (Lipinski definition) is 3. The number of nitrogens with two attached hydrogens (primary N) is 1. The molecule has 3 rings (SSSR count). The maximum atomic E-state index is 12.3. The molecule has 2 aliphatic carbocycles. The van der Waals surface area contributed by atoms with Crippen molar-refractivity contribution in [2.24, 2.45) is 22.9 Å². The predicted octanol–water partition coefficient (Wildman–Crippen LogP) is 1.94. The summed E-state index contributed by atoms with van der Waals surface area (Å²) in [7, 11) is -3.77. The fourth-order valence-electron chi connectivity index (χ4n) is 3.55. The minimum atomic E-state index is -3.77. The van der Waals surface area contributed by atoms with Gasteiger partial charge in [-0.1, -0.05) is 6.42 Å². The van der Waals surface area contributed by atoms with E-state index in [1.807, 2.05) is 13.8 Å². The van der Waals surface area contributed by atoms with Crippen molar-refractivity contribution >= 4 is 21.6 Å². The number of anilines is 1. The Morgan fingerprint density at radius 3 is 2.43 bits per heavy atom. The third kappa shape index (κ3) is 2.58. The van der Waals surface area contributed by atoms with Crippen molar-refractivity contribution in [1.82, 2.24) is 0 Å². The zero-order valence-electron chi connectivity index (χ0n) is 12.2. The Bertz CT molecular complexity index is 702. The topological polar surface area (TPSA) is 89.3 Å². The fourth-order valence-corrected chi connectivity index (χ4v) is 4.17. The first-order valence-electron chi connectivity index (χ1n) is 7.24. The van der Waals surface area contributed by atoms with Crippen LogP contribution in [0.3, 0.4) is 0 Å². The summed E-state index contributed by atoms with van der Waals surface area (Å²) in [5.74, 6) is 1.19. The third-order valence-electron chi connectivity index (χ3n) is 4.94. The molecule has 5 nitrogen and oxygen atoms in total. The summed E-state index contributed by atoms with van der Waals surface area (Å²) in [4.78, 5) is 12.4. The molecular formula is C15H20N2O3S. The zero-order valence-corrected chi connectivity index (χ0v) is 13.0. The molecule has 0 aliphatic heterocycles. The lowest BCUT2D eigenvalue weighted by atomic mass is 10.1. The van der Waals surface area contributed by atoms with Gasteiger partial charge < -0.3 is 5.32 Å². The van der Waals surface area contributed by atoms with Crippen molar-refractivity contribution < 1.29 is 13.2 Å². The van der Waals surface area contributed by atoms with Crippen molar-refractivity contribution in [2.45, 2.75) is 38.0 Å². The third-order valence-corrected chi connectivity index (χ3v) is 5.83. The molecule has 0 aromatic heterocycles. The number of carbonyl (C=O) groups is 1. The van der Waals surface area contributed by atoms with Gasteiger partial charge in [-0.2, -0.15) is 0 Å². The van der Waals surface area contributed by atoms with E-state index in [1.54, 1.807) is 0 Å². The Morgan fingerprint density at radius 2 is 1.86 bits per heavy atom. The van der Waals surface area contributed by atoms with Crippen LogP contribution < -0.4 is 10.5 Å². The minimum absolute atomic E-state index is 0.0127. The molecule has 0 radical (unpaired) electrons. The number of hydrogen-bond donors (Lipinski definition) is 2. The number of carbonyl (C=O) groups excluding carboxylic acids is 1. The Morgan fingerprint density at radius 1 is 1.24 bits per heavy atom. The van der Waals surface area contributed by atoms with Gasteiger partial charge in [0.15, 0.2) is 0 Å². The van der Waals surface area contributed by atoms with Crippen LogP contribution in [0.5, 0.6) is 0 Å². The number of primary sulfonamides is 1. The number of benzene rings is 1. The molecular weight excluding hydrogens is 288 g/mol. The van der Waals surface area contributed by atoms with E-state index in [4.69, 9.17) is 5.14 Å². The lowest BCUT2D eigenvalue weighted by Gasteiger charge is -2.13. The van der Waals surface area contributed by atoms with Crippen molar-refractivity contribution in [3.8, 4) is 0 Å². The van der Waals surface area contributed by atoms with E-state index in [1.165, 1.54) is 18.6 Å². The average molecular weight is 308 g/mol. The molecule has 2 unspecified atom stereocenters. The molecule has 114 valence electrons. The van der Waals surface area contributed by atoms with Crippen LogP contribution in [-0.4, -0.2) is 14.3 Å². The summed E-state index contributed by atoms with van der Waals surface area (Å²) in [5.41, 5.74) is 2.23. The van der Waals surface area contributed by atoms with Gasteiger partial charge in [-0.15, -0.1) is 0 Å². The number of amides is 1. The normalized spacial score (nSPS) is 27.3. The van der Waals surface area contributed by atoms with E-state index in [0.717, 1.165) is 24.0 Å². The number of nitrogens with one attached hydrogen (secondary N) is 1. The van der Waals surface area contributed by atoms with Gasteiger partial charge in [0, 0.05) is 11.6 Å². The van der Waals surface area contributed by atoms with Crippen molar-refractivity contribution in [2.75, 3.05) is 5.32 Å². The van der Waals surface area contributed by atoms with Crippen molar-refractivity contribution in [3.05, 3.63) is 23.3 Å². The molecule has 21 heavy (non-hydrogen) atoms. The van der Waals surface area contributed by atoms with Crippen LogP contribution in [0, 0.1) is 31.6 Å². The molecule has 2 aliphatic rings. The summed E-state index contributed by atoms with van der Waals surface area (Å²) in [6, 6.07) is 2.99. The van der Waals surface area contributed by atoms with E-state index >= 15 is 0 Å². The van der Waals surface area contributed by atoms with E-state index in [2.05, 4.69) is 5.32 Å². The number of aryl methyl sites for hydroxylation is 1. The van der Waals surface area contributed by atoms with E-state index in [9.17, 15) is 13.2 Å². The second-order valence-corrected chi connectivity index (χ2v) is 7.79. The Kier molecular flexibility index (Phi) is 3.33. The highest BCUT2D eigenvalue weighted by Gasteiger charge is 2.56. The lowest BCUT2D eigenvalue weighted by molar-refractivity contribution is -0.118. The maximum Gasteiger partial charge on any atom is 0.238 e. The van der Waals surface area contributed by atoms with Crippen LogP contribution in [0.15, 0.2) is 17.0 Å². The van der Waals surface area contributed by atoms with Crippen LogP contribution in [0.25, 0.3) is 0 Å². The largest absolute Gasteiger partial charge is 0.326 e. The smallest absolute Gasteiger partial charge is 0.238 e. The second-order valence-electron chi connectivity index (χ2n) is 6.23. The fraction of sp³-hybridized carbons (Fsp3) is 0.533. The van der Waals surface area contributed by atoms with Crippen LogP contribution >= 0.6 is 0 Å². The zero-order chi connectivity index (χ0) is 15.4. The average Bonchev–Trinajstić information content (AvgIpc) is 2.87. The van der Waals surface area contributed by atoms with Gasteiger partial charge >= 0.3 is 0 Å². The molecule has 1 amide bonds. The summed E-state index contributed by atoms with van der Waals surface area (Å²) in [6.07, 6.45) is 3.49. The minimum Gasteiger partial charge on any atom is -0.326 e. The van der Waals surface area contributed by atoms with Crippen LogP contribution in [0.1, 0.15) is 30.4 Å². The second kappa shape index (κ2) is 4.81. The summed E-state index contributed by atoms with van der Waals surface area (Å²) in [5, 5.41) is 8.08. The van der Waals surface area contributed by atoms with Gasteiger partial charge in [-0.05, 0) is 61.8 Å². The number of rotatable bonds is 3. The van der Waals surface area contributed by atoms with Crippen LogP contribution in [0.4, 0.5) is 5.69 Å². The number of fused-ring (bicyclic) bond motifs is 1. The van der Waals surface area contributed by atoms with Gasteiger partial charge in [0.2, 0.25) is 15.9 Å². The molecule has 2 fully saturated rings. The summed E-state index contributed by atoms with van der Waals surface area (Å²) in [6.45, 7) is 3.68. The highest BCUT2D eigenvalue weighted by molar-refractivity contribution is 7.89. The van der Waals surface area contributed by atoms with E-state index < -0.39 is 10.0 Å². The van der Waals surface area contributed by atoms with Gasteiger partial charge in [0.1, 0.15) is 0 Å². The number of sulfonamides is 1. The van der Waals surface area contributed by atoms with E-state index in [-0.39, 0.29) is 16.7 Å².